The summed E-state index contributed by atoms with van der Waals surface area (Å²) in [4.78, 5) is 16.3. The van der Waals surface area contributed by atoms with Gasteiger partial charge < -0.3 is 11.1 Å². The molecule has 0 bridgehead atoms. The molecular weight excluding hydrogens is 238 g/mol. The first-order valence-corrected chi connectivity index (χ1v) is 6.60. The number of nitrogens with two attached hydrogens (primary N) is 1. The molecule has 4 heteroatoms. The number of aromatic nitrogens is 1. The summed E-state index contributed by atoms with van der Waals surface area (Å²) in [5.74, 6) is -0.169. The molecule has 0 saturated carbocycles. The van der Waals surface area contributed by atoms with Gasteiger partial charge in [0.1, 0.15) is 5.69 Å². The highest BCUT2D eigenvalue weighted by Gasteiger charge is 2.09. The number of nitrogens with one attached hydrogen (secondary N) is 1. The summed E-state index contributed by atoms with van der Waals surface area (Å²) in [6.45, 7) is 2.56. The smallest absolute Gasteiger partial charge is 0.269 e. The van der Waals surface area contributed by atoms with Crippen molar-refractivity contribution < 1.29 is 4.79 Å². The molecule has 1 unspecified atom stereocenters. The van der Waals surface area contributed by atoms with Gasteiger partial charge in [0.05, 0.1) is 5.52 Å². The second kappa shape index (κ2) is 6.29. The third-order valence-corrected chi connectivity index (χ3v) is 3.02. The number of nitrogens with zero attached hydrogens (tertiary/aromatic N) is 1. The van der Waals surface area contributed by atoms with Crippen molar-refractivity contribution in [1.82, 2.24) is 10.3 Å². The maximum absolute atomic E-state index is 12.0. The number of carbonyl (C=O) groups is 1. The van der Waals surface area contributed by atoms with Crippen LogP contribution in [0.3, 0.4) is 0 Å². The summed E-state index contributed by atoms with van der Waals surface area (Å²) in [5.41, 5.74) is 7.13. The predicted molar refractivity (Wildman–Crippen MR) is 77.0 cm³/mol. The highest BCUT2D eigenvalue weighted by atomic mass is 16.1. The Morgan fingerprint density at radius 3 is 2.89 bits per heavy atom. The lowest BCUT2D eigenvalue weighted by Gasteiger charge is -2.11. The van der Waals surface area contributed by atoms with Crippen molar-refractivity contribution in [3.63, 3.8) is 0 Å². The zero-order valence-corrected chi connectivity index (χ0v) is 11.1. The van der Waals surface area contributed by atoms with Crippen molar-refractivity contribution >= 4 is 16.8 Å². The van der Waals surface area contributed by atoms with E-state index in [1.807, 2.05) is 30.3 Å². The third-order valence-electron chi connectivity index (χ3n) is 3.02. The summed E-state index contributed by atoms with van der Waals surface area (Å²) >= 11 is 0. The van der Waals surface area contributed by atoms with Crippen LogP contribution in [0.25, 0.3) is 10.9 Å². The van der Waals surface area contributed by atoms with E-state index in [0.717, 1.165) is 23.7 Å². The van der Waals surface area contributed by atoms with Crippen LogP contribution in [0.4, 0.5) is 0 Å². The molecule has 3 N–H and O–H groups in total. The maximum atomic E-state index is 12.0. The number of carbonyl (C=O) groups excluding carboxylic acids is 1. The lowest BCUT2D eigenvalue weighted by atomic mass is 10.1. The molecule has 100 valence electrons. The van der Waals surface area contributed by atoms with Crippen LogP contribution in [0.15, 0.2) is 36.4 Å². The zero-order chi connectivity index (χ0) is 13.7. The molecule has 0 saturated heterocycles. The normalized spacial score (nSPS) is 12.3. The quantitative estimate of drug-likeness (QED) is 0.861. The van der Waals surface area contributed by atoms with E-state index >= 15 is 0 Å². The van der Waals surface area contributed by atoms with E-state index in [4.69, 9.17) is 5.73 Å². The highest BCUT2D eigenvalue weighted by molar-refractivity contribution is 5.94. The number of rotatable bonds is 5. The molecule has 1 atom stereocenters. The van der Waals surface area contributed by atoms with E-state index in [0.29, 0.717) is 12.2 Å². The fourth-order valence-corrected chi connectivity index (χ4v) is 1.98. The summed E-state index contributed by atoms with van der Waals surface area (Å²) in [6, 6.07) is 11.4. The minimum Gasteiger partial charge on any atom is -0.349 e. The highest BCUT2D eigenvalue weighted by Crippen LogP contribution is 2.11. The molecule has 1 amide bonds. The van der Waals surface area contributed by atoms with Crippen molar-refractivity contribution in [2.24, 2.45) is 5.73 Å². The van der Waals surface area contributed by atoms with E-state index in [-0.39, 0.29) is 11.9 Å². The Morgan fingerprint density at radius 1 is 1.32 bits per heavy atom. The molecule has 0 radical (unpaired) electrons. The van der Waals surface area contributed by atoms with Crippen molar-refractivity contribution in [2.45, 2.75) is 25.8 Å². The molecular formula is C15H19N3O. The lowest BCUT2D eigenvalue weighted by Crippen LogP contribution is -2.37. The van der Waals surface area contributed by atoms with Gasteiger partial charge in [-0.3, -0.25) is 4.79 Å². The van der Waals surface area contributed by atoms with Crippen molar-refractivity contribution in [3.8, 4) is 0 Å². The third kappa shape index (κ3) is 3.51. The molecule has 1 aromatic carbocycles. The fraction of sp³-hybridized carbons (Fsp3) is 0.333. The minimum atomic E-state index is -0.169. The Labute approximate surface area is 113 Å². The molecule has 1 aromatic heterocycles. The van der Waals surface area contributed by atoms with Crippen molar-refractivity contribution in [2.75, 3.05) is 6.54 Å². The Morgan fingerprint density at radius 2 is 2.11 bits per heavy atom. The average molecular weight is 257 g/mol. The van der Waals surface area contributed by atoms with Gasteiger partial charge in [0, 0.05) is 18.0 Å². The second-order valence-corrected chi connectivity index (χ2v) is 4.65. The molecule has 0 fully saturated rings. The molecule has 19 heavy (non-hydrogen) atoms. The first-order chi connectivity index (χ1) is 9.20. The number of benzene rings is 1. The minimum absolute atomic E-state index is 0.00871. The van der Waals surface area contributed by atoms with Gasteiger partial charge in [0.2, 0.25) is 0 Å². The van der Waals surface area contributed by atoms with Crippen LogP contribution in [-0.4, -0.2) is 23.5 Å². The Hall–Kier alpha value is -1.94. The Bertz CT molecular complexity index is 568. The fourth-order valence-electron chi connectivity index (χ4n) is 1.98. The van der Waals surface area contributed by atoms with Crippen molar-refractivity contribution in [3.05, 3.63) is 42.1 Å². The summed E-state index contributed by atoms with van der Waals surface area (Å²) < 4.78 is 0. The van der Waals surface area contributed by atoms with Crippen LogP contribution < -0.4 is 11.1 Å². The molecule has 2 rings (SSSR count). The Kier molecular flexibility index (Phi) is 4.47. The lowest BCUT2D eigenvalue weighted by molar-refractivity contribution is 0.0946. The molecule has 1 heterocycles. The van der Waals surface area contributed by atoms with Crippen LogP contribution in [0.5, 0.6) is 0 Å². The zero-order valence-electron chi connectivity index (χ0n) is 11.1. The first kappa shape index (κ1) is 13.5. The molecule has 4 nitrogen and oxygen atoms in total. The van der Waals surface area contributed by atoms with Gasteiger partial charge in [0.25, 0.3) is 5.91 Å². The average Bonchev–Trinajstić information content (AvgIpc) is 2.44. The van der Waals surface area contributed by atoms with Crippen LogP contribution >= 0.6 is 0 Å². The molecule has 0 aliphatic carbocycles. The maximum Gasteiger partial charge on any atom is 0.269 e. The van der Waals surface area contributed by atoms with Crippen LogP contribution in [0.2, 0.25) is 0 Å². The van der Waals surface area contributed by atoms with Crippen LogP contribution in [-0.2, 0) is 0 Å². The van der Waals surface area contributed by atoms with Crippen LogP contribution in [0.1, 0.15) is 30.3 Å². The van der Waals surface area contributed by atoms with E-state index in [9.17, 15) is 4.79 Å². The monoisotopic (exact) mass is 257 g/mol. The van der Waals surface area contributed by atoms with E-state index in [1.54, 1.807) is 6.07 Å². The SMILES string of the molecule is CCCC(N)CNC(=O)c1ccc2ccccc2n1. The van der Waals surface area contributed by atoms with E-state index in [1.165, 1.54) is 0 Å². The molecule has 0 aliphatic heterocycles. The summed E-state index contributed by atoms with van der Waals surface area (Å²) in [5, 5.41) is 3.85. The summed E-state index contributed by atoms with van der Waals surface area (Å²) in [7, 11) is 0. The number of amides is 1. The van der Waals surface area contributed by atoms with Gasteiger partial charge in [0.15, 0.2) is 0 Å². The topological polar surface area (TPSA) is 68.0 Å². The molecule has 0 spiro atoms. The van der Waals surface area contributed by atoms with Gasteiger partial charge in [-0.2, -0.15) is 0 Å². The standard InChI is InChI=1S/C15H19N3O/c1-2-5-12(16)10-17-15(19)14-9-8-11-6-3-4-7-13(11)18-14/h3-4,6-9,12H,2,5,10,16H2,1H3,(H,17,19). The number of pyridine rings is 1. The number of para-hydroxylation sites is 1. The molecule has 0 aliphatic rings. The number of fused-ring (bicyclic) bond motifs is 1. The van der Waals surface area contributed by atoms with Crippen LogP contribution in [0, 0.1) is 0 Å². The second-order valence-electron chi connectivity index (χ2n) is 4.65. The van der Waals surface area contributed by atoms with E-state index in [2.05, 4.69) is 17.2 Å². The van der Waals surface area contributed by atoms with Gasteiger partial charge in [-0.15, -0.1) is 0 Å². The van der Waals surface area contributed by atoms with Gasteiger partial charge in [-0.1, -0.05) is 37.6 Å². The Balaban J connectivity index is 2.05. The largest absolute Gasteiger partial charge is 0.349 e. The predicted octanol–water partition coefficient (Wildman–Crippen LogP) is 2.09. The summed E-state index contributed by atoms with van der Waals surface area (Å²) in [6.07, 6.45) is 1.93. The van der Waals surface area contributed by atoms with E-state index < -0.39 is 0 Å². The first-order valence-electron chi connectivity index (χ1n) is 6.60. The number of hydrogen-bond donors (Lipinski definition) is 2. The van der Waals surface area contributed by atoms with Gasteiger partial charge >= 0.3 is 0 Å². The van der Waals surface area contributed by atoms with Gasteiger partial charge in [-0.25, -0.2) is 4.98 Å². The van der Waals surface area contributed by atoms with Gasteiger partial charge in [-0.05, 0) is 18.6 Å². The molecule has 2 aromatic rings. The van der Waals surface area contributed by atoms with Crippen molar-refractivity contribution in [1.29, 1.82) is 0 Å². The number of hydrogen-bond acceptors (Lipinski definition) is 3.